The van der Waals surface area contributed by atoms with Crippen molar-refractivity contribution < 1.29 is 19.5 Å². The zero-order chi connectivity index (χ0) is 14.0. The lowest BCUT2D eigenvalue weighted by molar-refractivity contribution is -0.139. The Balaban J connectivity index is 2.17. The number of carboxylic acid groups (broad SMARTS) is 1. The molecule has 0 fully saturated rings. The van der Waals surface area contributed by atoms with Crippen LogP contribution in [0.15, 0.2) is 24.3 Å². The van der Waals surface area contributed by atoms with Crippen LogP contribution in [0.3, 0.4) is 0 Å². The zero-order valence-corrected chi connectivity index (χ0v) is 10.6. The number of hydrogen-bond acceptors (Lipinski definition) is 3. The van der Waals surface area contributed by atoms with Crippen molar-refractivity contribution in [3.05, 3.63) is 35.4 Å². The van der Waals surface area contributed by atoms with Gasteiger partial charge in [-0.05, 0) is 17.5 Å². The summed E-state index contributed by atoms with van der Waals surface area (Å²) in [7, 11) is 0. The number of carboxylic acids is 1. The van der Waals surface area contributed by atoms with Crippen molar-refractivity contribution in [2.24, 2.45) is 5.92 Å². The first-order valence-electron chi connectivity index (χ1n) is 6.13. The average molecular weight is 261 g/mol. The fraction of sp³-hybridized carbons (Fsp3) is 0.357. The molecule has 19 heavy (non-hydrogen) atoms. The van der Waals surface area contributed by atoms with Gasteiger partial charge in [-0.25, -0.2) is 0 Å². The van der Waals surface area contributed by atoms with E-state index in [1.165, 1.54) is 0 Å². The van der Waals surface area contributed by atoms with Crippen LogP contribution in [-0.2, 0) is 16.0 Å². The van der Waals surface area contributed by atoms with E-state index in [0.29, 0.717) is 5.56 Å². The predicted octanol–water partition coefficient (Wildman–Crippen LogP) is 1.32. The topological polar surface area (TPSA) is 74.7 Å². The van der Waals surface area contributed by atoms with Gasteiger partial charge in [0.2, 0.25) is 5.91 Å². The maximum absolute atomic E-state index is 12.2. The minimum atomic E-state index is -0.926. The Bertz CT molecular complexity index is 538. The largest absolute Gasteiger partial charge is 0.481 e. The molecule has 0 radical (unpaired) electrons. The number of fused-ring (bicyclic) bond motifs is 1. The van der Waals surface area contributed by atoms with Crippen LogP contribution in [0.2, 0.25) is 0 Å². The molecule has 2 rings (SSSR count). The van der Waals surface area contributed by atoms with Gasteiger partial charge >= 0.3 is 5.97 Å². The van der Waals surface area contributed by atoms with Crippen molar-refractivity contribution in [1.82, 2.24) is 4.90 Å². The molecule has 0 saturated heterocycles. The quantitative estimate of drug-likeness (QED) is 0.829. The molecule has 0 aromatic heterocycles. The van der Waals surface area contributed by atoms with Gasteiger partial charge in [0.05, 0.1) is 6.42 Å². The Morgan fingerprint density at radius 2 is 2.05 bits per heavy atom. The molecule has 1 unspecified atom stereocenters. The Morgan fingerprint density at radius 1 is 1.37 bits per heavy atom. The number of amides is 2. The molecule has 0 aliphatic carbocycles. The van der Waals surface area contributed by atoms with Crippen LogP contribution in [0.25, 0.3) is 0 Å². The van der Waals surface area contributed by atoms with Crippen molar-refractivity contribution in [1.29, 1.82) is 0 Å². The van der Waals surface area contributed by atoms with Crippen LogP contribution in [0.5, 0.6) is 0 Å². The van der Waals surface area contributed by atoms with Crippen LogP contribution in [0, 0.1) is 5.92 Å². The first-order valence-corrected chi connectivity index (χ1v) is 6.13. The molecule has 1 heterocycles. The molecule has 1 aliphatic heterocycles. The summed E-state index contributed by atoms with van der Waals surface area (Å²) in [6.07, 6.45) is 0.139. The summed E-state index contributed by atoms with van der Waals surface area (Å²) in [5, 5.41) is 8.71. The number of aliphatic carboxylic acids is 1. The van der Waals surface area contributed by atoms with E-state index in [1.807, 2.05) is 0 Å². The number of nitrogens with zero attached hydrogens (tertiary/aromatic N) is 1. The second-order valence-corrected chi connectivity index (χ2v) is 4.85. The van der Waals surface area contributed by atoms with Gasteiger partial charge in [-0.3, -0.25) is 19.3 Å². The molecular formula is C14H15NO4. The van der Waals surface area contributed by atoms with Crippen LogP contribution in [0.1, 0.15) is 29.3 Å². The lowest BCUT2D eigenvalue weighted by Crippen LogP contribution is -2.44. The van der Waals surface area contributed by atoms with Crippen molar-refractivity contribution in [3.8, 4) is 0 Å². The molecule has 0 bridgehead atoms. The summed E-state index contributed by atoms with van der Waals surface area (Å²) in [4.78, 5) is 35.9. The van der Waals surface area contributed by atoms with Crippen molar-refractivity contribution in [3.63, 3.8) is 0 Å². The van der Waals surface area contributed by atoms with E-state index >= 15 is 0 Å². The first kappa shape index (κ1) is 13.3. The van der Waals surface area contributed by atoms with Gasteiger partial charge in [0.25, 0.3) is 5.91 Å². The van der Waals surface area contributed by atoms with Crippen LogP contribution in [-0.4, -0.2) is 34.3 Å². The van der Waals surface area contributed by atoms with E-state index in [4.69, 9.17) is 5.11 Å². The minimum absolute atomic E-state index is 0.0568. The Labute approximate surface area is 110 Å². The third kappa shape index (κ3) is 2.81. The molecule has 1 N–H and O–H groups in total. The summed E-state index contributed by atoms with van der Waals surface area (Å²) in [5.41, 5.74) is 1.27. The van der Waals surface area contributed by atoms with Gasteiger partial charge in [-0.1, -0.05) is 25.1 Å². The molecular weight excluding hydrogens is 246 g/mol. The summed E-state index contributed by atoms with van der Waals surface area (Å²) >= 11 is 0. The van der Waals surface area contributed by atoms with Crippen LogP contribution >= 0.6 is 0 Å². The number of benzene rings is 1. The SMILES string of the molecule is CC(CC(=O)O)CN1C(=O)Cc2ccccc2C1=O. The fourth-order valence-corrected chi connectivity index (χ4v) is 2.26. The molecule has 1 aromatic carbocycles. The molecule has 0 saturated carbocycles. The van der Waals surface area contributed by atoms with Gasteiger partial charge in [0.1, 0.15) is 0 Å². The lowest BCUT2D eigenvalue weighted by atomic mass is 9.97. The van der Waals surface area contributed by atoms with E-state index in [2.05, 4.69) is 0 Å². The second-order valence-electron chi connectivity index (χ2n) is 4.85. The van der Waals surface area contributed by atoms with Crippen LogP contribution < -0.4 is 0 Å². The average Bonchev–Trinajstić information content (AvgIpc) is 2.33. The summed E-state index contributed by atoms with van der Waals surface area (Å²) in [6, 6.07) is 7.01. The molecule has 1 atom stereocenters. The third-order valence-corrected chi connectivity index (χ3v) is 3.15. The zero-order valence-electron chi connectivity index (χ0n) is 10.6. The minimum Gasteiger partial charge on any atom is -0.481 e. The smallest absolute Gasteiger partial charge is 0.303 e. The number of carbonyl (C=O) groups is 3. The lowest BCUT2D eigenvalue weighted by Gasteiger charge is -2.28. The van der Waals surface area contributed by atoms with Gasteiger partial charge in [-0.15, -0.1) is 0 Å². The van der Waals surface area contributed by atoms with E-state index in [0.717, 1.165) is 10.5 Å². The highest BCUT2D eigenvalue weighted by molar-refractivity contribution is 6.09. The molecule has 5 heteroatoms. The van der Waals surface area contributed by atoms with Crippen molar-refractivity contribution in [2.45, 2.75) is 19.8 Å². The Kier molecular flexibility index (Phi) is 3.64. The van der Waals surface area contributed by atoms with Gasteiger partial charge in [0.15, 0.2) is 0 Å². The number of hydrogen-bond donors (Lipinski definition) is 1. The Morgan fingerprint density at radius 3 is 2.74 bits per heavy atom. The molecule has 2 amide bonds. The fourth-order valence-electron chi connectivity index (χ4n) is 2.26. The molecule has 5 nitrogen and oxygen atoms in total. The van der Waals surface area contributed by atoms with E-state index < -0.39 is 5.97 Å². The standard InChI is InChI=1S/C14H15NO4/c1-9(6-13(17)18)8-15-12(16)7-10-4-2-3-5-11(10)14(15)19/h2-5,9H,6-8H2,1H3,(H,17,18). The molecule has 1 aromatic rings. The maximum Gasteiger partial charge on any atom is 0.303 e. The first-order chi connectivity index (χ1) is 8.99. The summed E-state index contributed by atoms with van der Waals surface area (Å²) in [6.45, 7) is 1.87. The maximum atomic E-state index is 12.2. The van der Waals surface area contributed by atoms with Crippen molar-refractivity contribution in [2.75, 3.05) is 6.54 Å². The van der Waals surface area contributed by atoms with E-state index in [9.17, 15) is 14.4 Å². The van der Waals surface area contributed by atoms with Crippen LogP contribution in [0.4, 0.5) is 0 Å². The number of carbonyl (C=O) groups excluding carboxylic acids is 2. The van der Waals surface area contributed by atoms with Gasteiger partial charge < -0.3 is 5.11 Å². The number of imide groups is 1. The summed E-state index contributed by atoms with van der Waals surface area (Å²) < 4.78 is 0. The molecule has 0 spiro atoms. The molecule has 100 valence electrons. The predicted molar refractivity (Wildman–Crippen MR) is 67.6 cm³/mol. The van der Waals surface area contributed by atoms with Gasteiger partial charge in [0, 0.05) is 18.5 Å². The number of rotatable bonds is 4. The summed E-state index contributed by atoms with van der Waals surface area (Å²) in [5.74, 6) is -1.77. The second kappa shape index (κ2) is 5.22. The normalized spacial score (nSPS) is 16.2. The Hall–Kier alpha value is -2.17. The van der Waals surface area contributed by atoms with E-state index in [1.54, 1.807) is 31.2 Å². The highest BCUT2D eigenvalue weighted by Gasteiger charge is 2.31. The van der Waals surface area contributed by atoms with E-state index in [-0.39, 0.29) is 37.1 Å². The molecule has 1 aliphatic rings. The monoisotopic (exact) mass is 261 g/mol. The third-order valence-electron chi connectivity index (χ3n) is 3.15. The van der Waals surface area contributed by atoms with Crippen molar-refractivity contribution >= 4 is 17.8 Å². The highest BCUT2D eigenvalue weighted by atomic mass is 16.4. The van der Waals surface area contributed by atoms with Gasteiger partial charge in [-0.2, -0.15) is 0 Å². The highest BCUT2D eigenvalue weighted by Crippen LogP contribution is 2.21.